The molecule has 0 saturated heterocycles. The Morgan fingerprint density at radius 3 is 2.75 bits per heavy atom. The fourth-order valence-corrected chi connectivity index (χ4v) is 2.20. The average molecular weight is 166 g/mol. The molecule has 68 valence electrons. The van der Waals surface area contributed by atoms with E-state index < -0.39 is 0 Å². The van der Waals surface area contributed by atoms with Gasteiger partial charge >= 0.3 is 0 Å². The van der Waals surface area contributed by atoms with Crippen molar-refractivity contribution in [2.75, 3.05) is 0 Å². The third-order valence-electron chi connectivity index (χ3n) is 3.28. The van der Waals surface area contributed by atoms with E-state index >= 15 is 0 Å². The molecule has 2 rings (SSSR count). The number of aliphatic hydroxyl groups is 1. The first-order valence-electron chi connectivity index (χ1n) is 5.16. The van der Waals surface area contributed by atoms with Gasteiger partial charge in [-0.3, -0.25) is 0 Å². The van der Waals surface area contributed by atoms with Crippen molar-refractivity contribution in [2.45, 2.75) is 45.1 Å². The van der Waals surface area contributed by atoms with Gasteiger partial charge in [0.1, 0.15) is 0 Å². The molecule has 0 radical (unpaired) electrons. The summed E-state index contributed by atoms with van der Waals surface area (Å²) in [4.78, 5) is 0. The minimum Gasteiger partial charge on any atom is -0.388 e. The van der Waals surface area contributed by atoms with Crippen LogP contribution in [0.5, 0.6) is 0 Å². The van der Waals surface area contributed by atoms with Crippen molar-refractivity contribution in [3.8, 4) is 0 Å². The van der Waals surface area contributed by atoms with Gasteiger partial charge in [0.25, 0.3) is 0 Å². The molecule has 1 nitrogen and oxygen atoms in total. The minimum atomic E-state index is -0.0969. The molecule has 12 heavy (non-hydrogen) atoms. The summed E-state index contributed by atoms with van der Waals surface area (Å²) in [6.45, 7) is 2.23. The number of allylic oxidation sites excluding steroid dienone is 1. The zero-order chi connectivity index (χ0) is 8.55. The molecule has 0 aliphatic heterocycles. The SMILES string of the molecule is CC1CC1C(O)C1=CCCCC1. The Labute approximate surface area is 74.5 Å². The first kappa shape index (κ1) is 8.31. The van der Waals surface area contributed by atoms with E-state index in [1.807, 2.05) is 0 Å². The van der Waals surface area contributed by atoms with Crippen LogP contribution in [-0.4, -0.2) is 11.2 Å². The third kappa shape index (κ3) is 1.56. The lowest BCUT2D eigenvalue weighted by Gasteiger charge is -2.18. The van der Waals surface area contributed by atoms with Gasteiger partial charge in [0.15, 0.2) is 0 Å². The van der Waals surface area contributed by atoms with Crippen molar-refractivity contribution in [1.82, 2.24) is 0 Å². The van der Waals surface area contributed by atoms with Gasteiger partial charge < -0.3 is 5.11 Å². The van der Waals surface area contributed by atoms with Gasteiger partial charge in [0, 0.05) is 0 Å². The molecule has 2 aliphatic rings. The fraction of sp³-hybridized carbons (Fsp3) is 0.818. The van der Waals surface area contributed by atoms with E-state index in [9.17, 15) is 5.11 Å². The number of aliphatic hydroxyl groups excluding tert-OH is 1. The summed E-state index contributed by atoms with van der Waals surface area (Å²) in [5.41, 5.74) is 1.33. The predicted octanol–water partition coefficient (Wildman–Crippen LogP) is 2.50. The molecule has 0 amide bonds. The van der Waals surface area contributed by atoms with E-state index in [-0.39, 0.29) is 6.10 Å². The molecule has 3 unspecified atom stereocenters. The highest BCUT2D eigenvalue weighted by Crippen LogP contribution is 2.43. The van der Waals surface area contributed by atoms with E-state index in [1.165, 1.54) is 31.3 Å². The van der Waals surface area contributed by atoms with E-state index in [0.717, 1.165) is 12.3 Å². The molecule has 0 heterocycles. The fourth-order valence-electron chi connectivity index (χ4n) is 2.20. The molecule has 0 spiro atoms. The molecular weight excluding hydrogens is 148 g/mol. The monoisotopic (exact) mass is 166 g/mol. The summed E-state index contributed by atoms with van der Waals surface area (Å²) >= 11 is 0. The molecular formula is C11H18O. The van der Waals surface area contributed by atoms with Crippen molar-refractivity contribution >= 4 is 0 Å². The summed E-state index contributed by atoms with van der Waals surface area (Å²) in [5, 5.41) is 9.92. The van der Waals surface area contributed by atoms with Gasteiger partial charge in [-0.2, -0.15) is 0 Å². The first-order valence-corrected chi connectivity index (χ1v) is 5.16. The van der Waals surface area contributed by atoms with E-state index in [0.29, 0.717) is 5.92 Å². The highest BCUT2D eigenvalue weighted by atomic mass is 16.3. The molecule has 0 aromatic carbocycles. The lowest BCUT2D eigenvalue weighted by atomic mass is 9.93. The third-order valence-corrected chi connectivity index (χ3v) is 3.28. The van der Waals surface area contributed by atoms with Crippen molar-refractivity contribution < 1.29 is 5.11 Å². The lowest BCUT2D eigenvalue weighted by Crippen LogP contribution is -2.15. The zero-order valence-electron chi connectivity index (χ0n) is 7.79. The Hall–Kier alpha value is -0.300. The normalized spacial score (nSPS) is 37.3. The van der Waals surface area contributed by atoms with E-state index in [1.54, 1.807) is 0 Å². The van der Waals surface area contributed by atoms with E-state index in [4.69, 9.17) is 0 Å². The molecule has 0 aromatic rings. The number of hydrogen-bond acceptors (Lipinski definition) is 1. The smallest absolute Gasteiger partial charge is 0.0780 e. The summed E-state index contributed by atoms with van der Waals surface area (Å²) in [5.74, 6) is 1.36. The second kappa shape index (κ2) is 3.21. The van der Waals surface area contributed by atoms with Crippen molar-refractivity contribution in [3.05, 3.63) is 11.6 Å². The van der Waals surface area contributed by atoms with Crippen molar-refractivity contribution in [3.63, 3.8) is 0 Å². The summed E-state index contributed by atoms with van der Waals surface area (Å²) in [6, 6.07) is 0. The molecule has 1 saturated carbocycles. The van der Waals surface area contributed by atoms with Gasteiger partial charge in [-0.05, 0) is 49.5 Å². The van der Waals surface area contributed by atoms with Crippen LogP contribution in [-0.2, 0) is 0 Å². The maximum atomic E-state index is 9.92. The van der Waals surface area contributed by atoms with E-state index in [2.05, 4.69) is 13.0 Å². The van der Waals surface area contributed by atoms with Crippen LogP contribution in [0.2, 0.25) is 0 Å². The Kier molecular flexibility index (Phi) is 2.22. The summed E-state index contributed by atoms with van der Waals surface area (Å²) in [6.07, 6.45) is 8.33. The van der Waals surface area contributed by atoms with Crippen LogP contribution in [0, 0.1) is 11.8 Å². The molecule has 3 atom stereocenters. The predicted molar refractivity (Wildman–Crippen MR) is 49.8 cm³/mol. The highest BCUT2D eigenvalue weighted by Gasteiger charge is 2.39. The average Bonchev–Trinajstić information content (AvgIpc) is 2.83. The molecule has 0 aromatic heterocycles. The molecule has 1 heteroatoms. The van der Waals surface area contributed by atoms with Gasteiger partial charge in [-0.15, -0.1) is 0 Å². The van der Waals surface area contributed by atoms with Crippen molar-refractivity contribution in [2.24, 2.45) is 11.8 Å². The summed E-state index contributed by atoms with van der Waals surface area (Å²) < 4.78 is 0. The highest BCUT2D eigenvalue weighted by molar-refractivity contribution is 5.15. The summed E-state index contributed by atoms with van der Waals surface area (Å²) in [7, 11) is 0. The Balaban J connectivity index is 1.94. The van der Waals surface area contributed by atoms with Crippen LogP contribution in [0.3, 0.4) is 0 Å². The van der Waals surface area contributed by atoms with Gasteiger partial charge in [-0.25, -0.2) is 0 Å². The number of rotatable bonds is 2. The Morgan fingerprint density at radius 2 is 2.25 bits per heavy atom. The second-order valence-electron chi connectivity index (χ2n) is 4.35. The number of hydrogen-bond donors (Lipinski definition) is 1. The maximum Gasteiger partial charge on any atom is 0.0780 e. The van der Waals surface area contributed by atoms with Crippen molar-refractivity contribution in [1.29, 1.82) is 0 Å². The quantitative estimate of drug-likeness (QED) is 0.625. The molecule has 0 bridgehead atoms. The largest absolute Gasteiger partial charge is 0.388 e. The van der Waals surface area contributed by atoms with Gasteiger partial charge in [0.2, 0.25) is 0 Å². The minimum absolute atomic E-state index is 0.0969. The van der Waals surface area contributed by atoms with Crippen LogP contribution in [0.25, 0.3) is 0 Å². The van der Waals surface area contributed by atoms with Crippen LogP contribution >= 0.6 is 0 Å². The second-order valence-corrected chi connectivity index (χ2v) is 4.35. The van der Waals surface area contributed by atoms with Gasteiger partial charge in [-0.1, -0.05) is 13.0 Å². The maximum absolute atomic E-state index is 9.92. The molecule has 2 aliphatic carbocycles. The van der Waals surface area contributed by atoms with Crippen LogP contribution in [0.1, 0.15) is 39.0 Å². The topological polar surface area (TPSA) is 20.2 Å². The van der Waals surface area contributed by atoms with Crippen LogP contribution in [0.4, 0.5) is 0 Å². The molecule has 1 fully saturated rings. The lowest BCUT2D eigenvalue weighted by molar-refractivity contribution is 0.175. The Morgan fingerprint density at radius 1 is 1.50 bits per heavy atom. The standard InChI is InChI=1S/C11H18O/c1-8-7-10(8)11(12)9-5-3-2-4-6-9/h5,8,10-12H,2-4,6-7H2,1H3. The Bertz CT molecular complexity index is 195. The zero-order valence-corrected chi connectivity index (χ0v) is 7.79. The first-order chi connectivity index (χ1) is 5.79. The molecule has 1 N–H and O–H groups in total. The van der Waals surface area contributed by atoms with Crippen LogP contribution in [0.15, 0.2) is 11.6 Å². The van der Waals surface area contributed by atoms with Gasteiger partial charge in [0.05, 0.1) is 6.10 Å². The van der Waals surface area contributed by atoms with Crippen LogP contribution < -0.4 is 0 Å².